The highest BCUT2D eigenvalue weighted by Crippen LogP contribution is 2.41. The van der Waals surface area contributed by atoms with Gasteiger partial charge in [0, 0.05) is 55.6 Å². The van der Waals surface area contributed by atoms with E-state index in [9.17, 15) is 35.5 Å². The van der Waals surface area contributed by atoms with Crippen LogP contribution in [0.25, 0.3) is 11.1 Å². The van der Waals surface area contributed by atoms with Gasteiger partial charge in [0.2, 0.25) is 5.91 Å². The van der Waals surface area contributed by atoms with Crippen molar-refractivity contribution in [2.75, 3.05) is 48.0 Å². The number of carbonyl (C=O) groups is 1. The standard InChI is InChI=1S/C32H31F7N4OS/c1-19-11-23(33)5-6-25(19)26-15-28(43-8-7-42-9-10-45-18-24(42)17-43)40-16-27(26)41(4)29(44)30(2,3)20-12-21(31(34,35)36)14-22(13-20)32(37,38)39/h5-6,11-17H,7-10,18H2,1-4H3. The molecule has 13 heteroatoms. The van der Waals surface area contributed by atoms with Crippen LogP contribution in [0.15, 0.2) is 60.6 Å². The van der Waals surface area contributed by atoms with E-state index in [1.165, 1.54) is 44.1 Å². The van der Waals surface area contributed by atoms with Crippen LogP contribution in [0.5, 0.6) is 0 Å². The van der Waals surface area contributed by atoms with E-state index in [2.05, 4.69) is 9.88 Å². The number of amides is 1. The van der Waals surface area contributed by atoms with Gasteiger partial charge in [-0.3, -0.25) is 4.79 Å². The van der Waals surface area contributed by atoms with Gasteiger partial charge in [-0.05, 0) is 73.9 Å². The molecule has 0 aliphatic carbocycles. The molecule has 0 saturated carbocycles. The number of nitrogens with zero attached hydrogens (tertiary/aromatic N) is 4. The number of carbonyl (C=O) groups excluding carboxylic acids is 1. The van der Waals surface area contributed by atoms with Crippen LogP contribution in [0, 0.1) is 12.7 Å². The molecule has 1 aromatic heterocycles. The van der Waals surface area contributed by atoms with Crippen LogP contribution in [0.1, 0.15) is 36.1 Å². The smallest absolute Gasteiger partial charge is 0.370 e. The van der Waals surface area contributed by atoms with Gasteiger partial charge >= 0.3 is 12.4 Å². The topological polar surface area (TPSA) is 39.7 Å². The Morgan fingerprint density at radius 2 is 1.53 bits per heavy atom. The molecule has 0 N–H and O–H groups in total. The van der Waals surface area contributed by atoms with Crippen LogP contribution in [0.4, 0.5) is 42.2 Å². The van der Waals surface area contributed by atoms with Gasteiger partial charge in [-0.2, -0.15) is 38.1 Å². The fourth-order valence-corrected chi connectivity index (χ4v) is 6.55. The summed E-state index contributed by atoms with van der Waals surface area (Å²) in [6, 6.07) is 7.13. The van der Waals surface area contributed by atoms with Crippen LogP contribution in [-0.2, 0) is 22.6 Å². The lowest BCUT2D eigenvalue weighted by molar-refractivity contribution is -0.143. The van der Waals surface area contributed by atoms with Crippen molar-refractivity contribution in [3.05, 3.63) is 88.6 Å². The molecular formula is C32H31F7N4OS. The molecule has 1 amide bonds. The molecule has 5 nitrogen and oxygen atoms in total. The Labute approximate surface area is 260 Å². The third-order valence-electron chi connectivity index (χ3n) is 8.23. The van der Waals surface area contributed by atoms with Gasteiger partial charge in [0.05, 0.1) is 28.4 Å². The van der Waals surface area contributed by atoms with E-state index in [-0.39, 0.29) is 11.8 Å². The van der Waals surface area contributed by atoms with Gasteiger partial charge < -0.3 is 14.7 Å². The minimum Gasteiger partial charge on any atom is -0.370 e. The maximum Gasteiger partial charge on any atom is 0.416 e. The van der Waals surface area contributed by atoms with Crippen LogP contribution < -0.4 is 9.80 Å². The summed E-state index contributed by atoms with van der Waals surface area (Å²) in [6.45, 7) is 6.66. The second kappa shape index (κ2) is 11.9. The lowest BCUT2D eigenvalue weighted by Gasteiger charge is -2.38. The number of fused-ring (bicyclic) bond motifs is 1. The molecular weight excluding hydrogens is 621 g/mol. The summed E-state index contributed by atoms with van der Waals surface area (Å²) >= 11 is 1.83. The van der Waals surface area contributed by atoms with Crippen molar-refractivity contribution < 1.29 is 35.5 Å². The Balaban J connectivity index is 1.58. The number of anilines is 2. The summed E-state index contributed by atoms with van der Waals surface area (Å²) in [7, 11) is 1.39. The van der Waals surface area contributed by atoms with Crippen molar-refractivity contribution >= 4 is 29.2 Å². The molecule has 240 valence electrons. The molecule has 45 heavy (non-hydrogen) atoms. The minimum absolute atomic E-state index is 0.0347. The molecule has 2 aromatic carbocycles. The molecule has 0 atom stereocenters. The molecule has 3 aromatic rings. The number of likely N-dealkylation sites (N-methyl/N-ethyl adjacent to an activating group) is 1. The number of aryl methyl sites for hydroxylation is 1. The second-order valence-corrected chi connectivity index (χ2v) is 12.8. The number of pyridine rings is 1. The number of alkyl halides is 6. The molecule has 2 aliphatic rings. The van der Waals surface area contributed by atoms with Crippen LogP contribution in [0.2, 0.25) is 0 Å². The highest BCUT2D eigenvalue weighted by molar-refractivity contribution is 7.99. The average molecular weight is 653 g/mol. The van der Waals surface area contributed by atoms with Crippen molar-refractivity contribution in [2.24, 2.45) is 0 Å². The lowest BCUT2D eigenvalue weighted by atomic mass is 9.81. The first-order valence-electron chi connectivity index (χ1n) is 14.1. The fraction of sp³-hybridized carbons (Fsp3) is 0.375. The summed E-state index contributed by atoms with van der Waals surface area (Å²) in [4.78, 5) is 24.1. The van der Waals surface area contributed by atoms with Gasteiger partial charge in [0.25, 0.3) is 0 Å². The normalized spacial score (nSPS) is 15.9. The van der Waals surface area contributed by atoms with Gasteiger partial charge in [0.15, 0.2) is 0 Å². The molecule has 0 unspecified atom stereocenters. The van der Waals surface area contributed by atoms with Crippen LogP contribution in [-0.4, -0.2) is 54.0 Å². The summed E-state index contributed by atoms with van der Waals surface area (Å²) < 4.78 is 95.9. The first-order chi connectivity index (χ1) is 21.0. The first-order valence-corrected chi connectivity index (χ1v) is 15.3. The average Bonchev–Trinajstić information content (AvgIpc) is 2.98. The number of hydrogen-bond donors (Lipinski definition) is 0. The molecule has 1 fully saturated rings. The Hall–Kier alpha value is -3.74. The maximum absolute atomic E-state index is 14.1. The van der Waals surface area contributed by atoms with Gasteiger partial charge in [0.1, 0.15) is 11.6 Å². The Morgan fingerprint density at radius 1 is 0.889 bits per heavy atom. The summed E-state index contributed by atoms with van der Waals surface area (Å²) in [5, 5.41) is 0. The molecule has 0 spiro atoms. The fourth-order valence-electron chi connectivity index (χ4n) is 5.59. The predicted octanol–water partition coefficient (Wildman–Crippen LogP) is 7.88. The number of aromatic nitrogens is 1. The molecule has 5 rings (SSSR count). The van der Waals surface area contributed by atoms with E-state index in [0.717, 1.165) is 30.3 Å². The second-order valence-electron chi connectivity index (χ2n) is 11.7. The van der Waals surface area contributed by atoms with Crippen LogP contribution >= 0.6 is 11.8 Å². The molecule has 0 bridgehead atoms. The van der Waals surface area contributed by atoms with Gasteiger partial charge in [-0.1, -0.05) is 6.07 Å². The molecule has 3 heterocycles. The van der Waals surface area contributed by atoms with Gasteiger partial charge in [-0.15, -0.1) is 0 Å². The highest BCUT2D eigenvalue weighted by Gasteiger charge is 2.41. The zero-order valence-corrected chi connectivity index (χ0v) is 25.8. The Kier molecular flexibility index (Phi) is 8.62. The zero-order valence-electron chi connectivity index (χ0n) is 25.0. The van der Waals surface area contributed by atoms with Gasteiger partial charge in [-0.25, -0.2) is 9.37 Å². The number of hydrogen-bond acceptors (Lipinski definition) is 5. The van der Waals surface area contributed by atoms with Crippen LogP contribution in [0.3, 0.4) is 0 Å². The van der Waals surface area contributed by atoms with E-state index in [1.54, 1.807) is 19.1 Å². The number of benzene rings is 2. The highest BCUT2D eigenvalue weighted by atomic mass is 32.2. The third kappa shape index (κ3) is 6.63. The summed E-state index contributed by atoms with van der Waals surface area (Å²) in [5.74, 6) is 1.26. The first kappa shape index (κ1) is 32.6. The SMILES string of the molecule is Cc1cc(F)ccc1-c1cc(N2C=C3CSCCN3CC2)ncc1N(C)C(=O)C(C)(C)c1cc(C(F)(F)F)cc(C(F)(F)F)c1. The molecule has 2 aliphatic heterocycles. The van der Waals surface area contributed by atoms with Crippen molar-refractivity contribution in [3.8, 4) is 11.1 Å². The number of rotatable bonds is 5. The third-order valence-corrected chi connectivity index (χ3v) is 9.20. The minimum atomic E-state index is -5.06. The van der Waals surface area contributed by atoms with Crippen molar-refractivity contribution in [1.29, 1.82) is 0 Å². The molecule has 1 saturated heterocycles. The van der Waals surface area contributed by atoms with E-state index < -0.39 is 46.2 Å². The largest absolute Gasteiger partial charge is 0.416 e. The number of halogens is 7. The van der Waals surface area contributed by atoms with Crippen molar-refractivity contribution in [2.45, 2.75) is 38.5 Å². The molecule has 0 radical (unpaired) electrons. The summed E-state index contributed by atoms with van der Waals surface area (Å²) in [5.41, 5.74) is -2.19. The number of thioether (sulfide) groups is 1. The van der Waals surface area contributed by atoms with E-state index in [4.69, 9.17) is 0 Å². The monoisotopic (exact) mass is 652 g/mol. The maximum atomic E-state index is 14.1. The lowest BCUT2D eigenvalue weighted by Crippen LogP contribution is -2.43. The van der Waals surface area contributed by atoms with E-state index >= 15 is 0 Å². The Morgan fingerprint density at radius 3 is 2.16 bits per heavy atom. The Bertz CT molecular complexity index is 1620. The van der Waals surface area contributed by atoms with Crippen molar-refractivity contribution in [1.82, 2.24) is 9.88 Å². The predicted molar refractivity (Wildman–Crippen MR) is 162 cm³/mol. The van der Waals surface area contributed by atoms with E-state index in [0.29, 0.717) is 41.2 Å². The van der Waals surface area contributed by atoms with Crippen molar-refractivity contribution in [3.63, 3.8) is 0 Å². The zero-order chi connectivity index (χ0) is 32.9. The quantitative estimate of drug-likeness (QED) is 0.262. The van der Waals surface area contributed by atoms with E-state index in [1.807, 2.05) is 22.9 Å². The summed E-state index contributed by atoms with van der Waals surface area (Å²) in [6.07, 6.45) is -6.64.